The number of nitrogens with zero attached hydrogens (tertiary/aromatic N) is 2. The Morgan fingerprint density at radius 1 is 0.919 bits per heavy atom. The highest BCUT2D eigenvalue weighted by atomic mass is 16.6. The zero-order valence-electron chi connectivity index (χ0n) is 19.9. The first-order valence-electron chi connectivity index (χ1n) is 11.6. The van der Waals surface area contributed by atoms with Gasteiger partial charge in [0.2, 0.25) is 5.90 Å². The largest absolute Gasteiger partial charge is 0.490 e. The van der Waals surface area contributed by atoms with Crippen LogP contribution in [0.4, 0.5) is 5.69 Å². The van der Waals surface area contributed by atoms with Gasteiger partial charge in [-0.05, 0) is 71.3 Å². The molecule has 1 aliphatic heterocycles. The first-order chi connectivity index (χ1) is 18.0. The standard InChI is InChI=1S/C29H22N2O6/c1-2-35-27-16-20(9-14-26(27)36-18-19-7-12-24(13-8-19)31(33)34)15-25-29(32)37-28(30-25)23-11-10-21-5-3-4-6-22(21)17-23/h3-17H,2,18H2,1H3/b25-15-. The first-order valence-corrected chi connectivity index (χ1v) is 11.6. The van der Waals surface area contributed by atoms with Gasteiger partial charge in [0.1, 0.15) is 6.61 Å². The molecule has 0 atom stereocenters. The predicted octanol–water partition coefficient (Wildman–Crippen LogP) is 6.07. The molecule has 8 nitrogen and oxygen atoms in total. The molecule has 0 amide bonds. The van der Waals surface area contributed by atoms with Crippen LogP contribution in [0.3, 0.4) is 0 Å². The lowest BCUT2D eigenvalue weighted by Crippen LogP contribution is -2.05. The monoisotopic (exact) mass is 494 g/mol. The third-order valence-corrected chi connectivity index (χ3v) is 5.73. The number of benzene rings is 4. The van der Waals surface area contributed by atoms with Gasteiger partial charge in [0.25, 0.3) is 5.69 Å². The molecule has 0 spiro atoms. The normalized spacial score (nSPS) is 13.9. The topological polar surface area (TPSA) is 100 Å². The molecule has 184 valence electrons. The van der Waals surface area contributed by atoms with E-state index in [9.17, 15) is 14.9 Å². The van der Waals surface area contributed by atoms with Gasteiger partial charge in [-0.3, -0.25) is 10.1 Å². The van der Waals surface area contributed by atoms with Gasteiger partial charge in [-0.1, -0.05) is 36.4 Å². The Balaban J connectivity index is 1.35. The van der Waals surface area contributed by atoms with Crippen molar-refractivity contribution in [3.8, 4) is 11.5 Å². The minimum absolute atomic E-state index is 0.0213. The zero-order chi connectivity index (χ0) is 25.8. The number of rotatable bonds is 8. The minimum atomic E-state index is -0.528. The summed E-state index contributed by atoms with van der Waals surface area (Å²) in [6, 6.07) is 25.2. The second kappa shape index (κ2) is 10.3. The van der Waals surface area contributed by atoms with Crippen LogP contribution in [0.25, 0.3) is 16.8 Å². The lowest BCUT2D eigenvalue weighted by atomic mass is 10.1. The number of aliphatic imine (C=N–C) groups is 1. The van der Waals surface area contributed by atoms with E-state index in [-0.39, 0.29) is 23.9 Å². The summed E-state index contributed by atoms with van der Waals surface area (Å²) in [5.74, 6) is 0.746. The van der Waals surface area contributed by atoms with Crippen LogP contribution >= 0.6 is 0 Å². The Morgan fingerprint density at radius 2 is 1.70 bits per heavy atom. The second-order valence-electron chi connectivity index (χ2n) is 8.25. The summed E-state index contributed by atoms with van der Waals surface area (Å²) in [4.78, 5) is 27.3. The first kappa shape index (κ1) is 23.7. The number of nitro benzene ring substituents is 1. The van der Waals surface area contributed by atoms with Crippen LogP contribution in [-0.2, 0) is 16.1 Å². The van der Waals surface area contributed by atoms with Crippen LogP contribution in [0.15, 0.2) is 95.6 Å². The van der Waals surface area contributed by atoms with Crippen molar-refractivity contribution in [2.45, 2.75) is 13.5 Å². The lowest BCUT2D eigenvalue weighted by molar-refractivity contribution is -0.384. The fourth-order valence-electron chi connectivity index (χ4n) is 3.89. The number of ether oxygens (including phenoxy) is 3. The highest BCUT2D eigenvalue weighted by Crippen LogP contribution is 2.31. The Labute approximate surface area is 212 Å². The predicted molar refractivity (Wildman–Crippen MR) is 140 cm³/mol. The van der Waals surface area contributed by atoms with E-state index < -0.39 is 10.9 Å². The number of esters is 1. The van der Waals surface area contributed by atoms with Gasteiger partial charge in [0.05, 0.1) is 11.5 Å². The van der Waals surface area contributed by atoms with Crippen molar-refractivity contribution in [1.29, 1.82) is 0 Å². The third-order valence-electron chi connectivity index (χ3n) is 5.73. The van der Waals surface area contributed by atoms with Crippen LogP contribution in [0, 0.1) is 10.1 Å². The fourth-order valence-corrected chi connectivity index (χ4v) is 3.89. The molecule has 8 heteroatoms. The highest BCUT2D eigenvalue weighted by Gasteiger charge is 2.24. The van der Waals surface area contributed by atoms with Crippen molar-refractivity contribution >= 4 is 34.4 Å². The third kappa shape index (κ3) is 5.33. The molecular weight excluding hydrogens is 472 g/mol. The molecule has 5 rings (SSSR count). The number of non-ortho nitro benzene ring substituents is 1. The van der Waals surface area contributed by atoms with Gasteiger partial charge in [-0.25, -0.2) is 9.79 Å². The summed E-state index contributed by atoms with van der Waals surface area (Å²) in [5, 5.41) is 13.0. The number of fused-ring (bicyclic) bond motifs is 1. The number of hydrogen-bond donors (Lipinski definition) is 0. The van der Waals surface area contributed by atoms with E-state index >= 15 is 0 Å². The number of nitro groups is 1. The quantitative estimate of drug-likeness (QED) is 0.128. The van der Waals surface area contributed by atoms with E-state index in [2.05, 4.69) is 4.99 Å². The molecule has 0 bridgehead atoms. The molecule has 0 saturated carbocycles. The molecule has 1 aliphatic rings. The van der Waals surface area contributed by atoms with Crippen molar-refractivity contribution in [3.63, 3.8) is 0 Å². The van der Waals surface area contributed by atoms with E-state index in [0.717, 1.165) is 21.9 Å². The van der Waals surface area contributed by atoms with E-state index in [1.807, 2.05) is 49.4 Å². The molecule has 0 radical (unpaired) electrons. The van der Waals surface area contributed by atoms with Crippen molar-refractivity contribution in [2.75, 3.05) is 6.61 Å². The Hall–Kier alpha value is -4.98. The van der Waals surface area contributed by atoms with E-state index in [4.69, 9.17) is 14.2 Å². The van der Waals surface area contributed by atoms with E-state index in [1.54, 1.807) is 36.4 Å². The summed E-state index contributed by atoms with van der Waals surface area (Å²) in [6.07, 6.45) is 1.64. The molecule has 0 aliphatic carbocycles. The van der Waals surface area contributed by atoms with Gasteiger partial charge >= 0.3 is 5.97 Å². The van der Waals surface area contributed by atoms with Crippen molar-refractivity contribution in [1.82, 2.24) is 0 Å². The summed E-state index contributed by atoms with van der Waals surface area (Å²) in [7, 11) is 0. The number of cyclic esters (lactones) is 1. The highest BCUT2D eigenvalue weighted by molar-refractivity contribution is 6.13. The molecular formula is C29H22N2O6. The minimum Gasteiger partial charge on any atom is -0.490 e. The summed E-state index contributed by atoms with van der Waals surface area (Å²) in [6.45, 7) is 2.49. The molecule has 0 unspecified atom stereocenters. The zero-order valence-corrected chi connectivity index (χ0v) is 19.9. The Morgan fingerprint density at radius 3 is 2.46 bits per heavy atom. The van der Waals surface area contributed by atoms with Crippen molar-refractivity contribution in [2.24, 2.45) is 4.99 Å². The average Bonchev–Trinajstić information content (AvgIpc) is 3.28. The van der Waals surface area contributed by atoms with Gasteiger partial charge in [-0.2, -0.15) is 0 Å². The lowest BCUT2D eigenvalue weighted by Gasteiger charge is -2.13. The molecule has 4 aromatic rings. The van der Waals surface area contributed by atoms with Crippen LogP contribution < -0.4 is 9.47 Å². The summed E-state index contributed by atoms with van der Waals surface area (Å²) in [5.41, 5.74) is 2.41. The molecule has 1 heterocycles. The Bertz CT molecular complexity index is 1560. The molecule has 0 saturated heterocycles. The smallest absolute Gasteiger partial charge is 0.363 e. The van der Waals surface area contributed by atoms with Crippen molar-refractivity contribution < 1.29 is 23.9 Å². The second-order valence-corrected chi connectivity index (χ2v) is 8.25. The molecule has 4 aromatic carbocycles. The fraction of sp³-hybridized carbons (Fsp3) is 0.103. The van der Waals surface area contributed by atoms with Gasteiger partial charge in [0.15, 0.2) is 17.2 Å². The van der Waals surface area contributed by atoms with Crippen LogP contribution in [-0.4, -0.2) is 23.4 Å². The van der Waals surface area contributed by atoms with Crippen LogP contribution in [0.5, 0.6) is 11.5 Å². The molecule has 0 fully saturated rings. The molecule has 0 N–H and O–H groups in total. The SMILES string of the molecule is CCOc1cc(/C=C2\N=C(c3ccc4ccccc4c3)OC2=O)ccc1OCc1ccc([N+](=O)[O-])cc1. The summed E-state index contributed by atoms with van der Waals surface area (Å²) < 4.78 is 17.1. The van der Waals surface area contributed by atoms with Crippen LogP contribution in [0.2, 0.25) is 0 Å². The van der Waals surface area contributed by atoms with Crippen molar-refractivity contribution in [3.05, 3.63) is 117 Å². The molecule has 37 heavy (non-hydrogen) atoms. The summed E-state index contributed by atoms with van der Waals surface area (Å²) >= 11 is 0. The Kier molecular flexibility index (Phi) is 6.63. The van der Waals surface area contributed by atoms with Gasteiger partial charge in [0, 0.05) is 17.7 Å². The molecule has 0 aromatic heterocycles. The van der Waals surface area contributed by atoms with Crippen LogP contribution in [0.1, 0.15) is 23.6 Å². The number of carbonyl (C=O) groups excluding carboxylic acids is 1. The number of hydrogen-bond acceptors (Lipinski definition) is 7. The van der Waals surface area contributed by atoms with E-state index in [0.29, 0.717) is 23.7 Å². The van der Waals surface area contributed by atoms with Gasteiger partial charge in [-0.15, -0.1) is 0 Å². The number of carbonyl (C=O) groups is 1. The van der Waals surface area contributed by atoms with E-state index in [1.165, 1.54) is 12.1 Å². The maximum absolute atomic E-state index is 12.5. The maximum atomic E-state index is 12.5. The average molecular weight is 495 g/mol. The maximum Gasteiger partial charge on any atom is 0.363 e. The van der Waals surface area contributed by atoms with Gasteiger partial charge < -0.3 is 14.2 Å².